The van der Waals surface area contributed by atoms with Crippen LogP contribution in [0.5, 0.6) is 5.75 Å². The number of carboxylic acids is 1. The zero-order valence-corrected chi connectivity index (χ0v) is 15.5. The number of rotatable bonds is 7. The largest absolute Gasteiger partial charge is 0.497 e. The number of carboxylic acid groups (broad SMARTS) is 1. The molecule has 3 rings (SSSR count). The maximum absolute atomic E-state index is 12.6. The number of nitrogens with zero attached hydrogens (tertiary/aromatic N) is 1. The van der Waals surface area contributed by atoms with Crippen molar-refractivity contribution in [2.24, 2.45) is 5.92 Å². The van der Waals surface area contributed by atoms with Crippen molar-refractivity contribution in [1.82, 2.24) is 4.90 Å². The summed E-state index contributed by atoms with van der Waals surface area (Å²) >= 11 is 0. The molecule has 0 bridgehead atoms. The molecular weight excluding hydrogens is 342 g/mol. The van der Waals surface area contributed by atoms with Gasteiger partial charge >= 0.3 is 5.97 Å². The van der Waals surface area contributed by atoms with Gasteiger partial charge in [-0.25, -0.2) is 0 Å². The van der Waals surface area contributed by atoms with Gasteiger partial charge < -0.3 is 14.7 Å². The average Bonchev–Trinajstić information content (AvgIpc) is 3.15. The lowest BCUT2D eigenvalue weighted by Gasteiger charge is -2.16. The smallest absolute Gasteiger partial charge is 0.308 e. The Kier molecular flexibility index (Phi) is 6.12. The molecule has 1 heterocycles. The van der Waals surface area contributed by atoms with Crippen LogP contribution in [0, 0.1) is 5.92 Å². The summed E-state index contributed by atoms with van der Waals surface area (Å²) in [6.07, 6.45) is 1.99. The Hall–Kier alpha value is -2.82. The van der Waals surface area contributed by atoms with Crippen molar-refractivity contribution in [2.45, 2.75) is 25.2 Å². The van der Waals surface area contributed by atoms with E-state index in [-0.39, 0.29) is 18.4 Å². The number of hydrogen-bond acceptors (Lipinski definition) is 3. The van der Waals surface area contributed by atoms with Gasteiger partial charge in [0.05, 0.1) is 13.0 Å². The summed E-state index contributed by atoms with van der Waals surface area (Å²) in [6.45, 7) is 0.763. The summed E-state index contributed by atoms with van der Waals surface area (Å²) in [6, 6.07) is 17.5. The number of benzene rings is 2. The van der Waals surface area contributed by atoms with E-state index in [4.69, 9.17) is 4.74 Å². The highest BCUT2D eigenvalue weighted by molar-refractivity contribution is 5.79. The van der Waals surface area contributed by atoms with Gasteiger partial charge in [0.15, 0.2) is 0 Å². The summed E-state index contributed by atoms with van der Waals surface area (Å²) in [5.74, 6) is -0.670. The molecule has 0 saturated carbocycles. The Labute approximate surface area is 159 Å². The second-order valence-corrected chi connectivity index (χ2v) is 6.96. The van der Waals surface area contributed by atoms with Gasteiger partial charge in [-0.05, 0) is 36.1 Å². The molecule has 0 aliphatic carbocycles. The van der Waals surface area contributed by atoms with E-state index in [1.54, 1.807) is 12.0 Å². The molecule has 1 aliphatic rings. The molecule has 1 aliphatic heterocycles. The van der Waals surface area contributed by atoms with Gasteiger partial charge in [-0.15, -0.1) is 0 Å². The standard InChI is InChI=1S/C22H25NO4/c1-27-18-12-10-16(11-13-18)6-5-9-21(24)23-14-19(20(15-23)22(25)26)17-7-3-2-4-8-17/h2-4,7-8,10-13,19-20H,5-6,9,14-15H2,1H3,(H,25,26). The van der Waals surface area contributed by atoms with Crippen LogP contribution in [0.2, 0.25) is 0 Å². The maximum Gasteiger partial charge on any atom is 0.308 e. The molecule has 1 amide bonds. The molecule has 2 unspecified atom stereocenters. The number of methoxy groups -OCH3 is 1. The van der Waals surface area contributed by atoms with Crippen molar-refractivity contribution >= 4 is 11.9 Å². The zero-order chi connectivity index (χ0) is 19.2. The van der Waals surface area contributed by atoms with Crippen molar-refractivity contribution in [1.29, 1.82) is 0 Å². The van der Waals surface area contributed by atoms with Gasteiger partial charge in [0.25, 0.3) is 0 Å². The Bertz CT molecular complexity index is 773. The van der Waals surface area contributed by atoms with Crippen LogP contribution >= 0.6 is 0 Å². The second kappa shape index (κ2) is 8.71. The first-order valence-electron chi connectivity index (χ1n) is 9.27. The molecule has 0 aromatic heterocycles. The highest BCUT2D eigenvalue weighted by Gasteiger charge is 2.40. The fourth-order valence-electron chi connectivity index (χ4n) is 3.69. The monoisotopic (exact) mass is 367 g/mol. The first-order chi connectivity index (χ1) is 13.1. The molecule has 1 saturated heterocycles. The third-order valence-electron chi connectivity index (χ3n) is 5.23. The van der Waals surface area contributed by atoms with Gasteiger partial charge in [0.1, 0.15) is 5.75 Å². The average molecular weight is 367 g/mol. The molecule has 0 spiro atoms. The topological polar surface area (TPSA) is 66.8 Å². The summed E-state index contributed by atoms with van der Waals surface area (Å²) in [5, 5.41) is 9.56. The lowest BCUT2D eigenvalue weighted by atomic mass is 9.89. The Morgan fingerprint density at radius 3 is 2.41 bits per heavy atom. The van der Waals surface area contributed by atoms with Crippen molar-refractivity contribution in [3.63, 3.8) is 0 Å². The number of carbonyl (C=O) groups is 2. The van der Waals surface area contributed by atoms with Crippen LogP contribution in [-0.4, -0.2) is 42.1 Å². The van der Waals surface area contributed by atoms with Gasteiger partial charge in [0.2, 0.25) is 5.91 Å². The minimum Gasteiger partial charge on any atom is -0.497 e. The van der Waals surface area contributed by atoms with Gasteiger partial charge in [-0.3, -0.25) is 9.59 Å². The molecule has 1 N–H and O–H groups in total. The quantitative estimate of drug-likeness (QED) is 0.815. The van der Waals surface area contributed by atoms with E-state index in [9.17, 15) is 14.7 Å². The highest BCUT2D eigenvalue weighted by Crippen LogP contribution is 2.33. The molecule has 5 heteroatoms. The maximum atomic E-state index is 12.6. The lowest BCUT2D eigenvalue weighted by Crippen LogP contribution is -2.29. The molecule has 2 aromatic carbocycles. The number of amides is 1. The summed E-state index contributed by atoms with van der Waals surface area (Å²) in [4.78, 5) is 26.0. The van der Waals surface area contributed by atoms with Crippen LogP contribution in [0.1, 0.15) is 29.9 Å². The van der Waals surface area contributed by atoms with E-state index >= 15 is 0 Å². The van der Waals surface area contributed by atoms with Crippen LogP contribution in [0.4, 0.5) is 0 Å². The predicted molar refractivity (Wildman–Crippen MR) is 103 cm³/mol. The van der Waals surface area contributed by atoms with E-state index in [0.717, 1.165) is 29.7 Å². The number of hydrogen-bond donors (Lipinski definition) is 1. The van der Waals surface area contributed by atoms with Gasteiger partial charge in [-0.1, -0.05) is 42.5 Å². The fourth-order valence-corrected chi connectivity index (χ4v) is 3.69. The van der Waals surface area contributed by atoms with Crippen LogP contribution in [-0.2, 0) is 16.0 Å². The minimum absolute atomic E-state index is 0.0354. The van der Waals surface area contributed by atoms with Crippen LogP contribution in [0.3, 0.4) is 0 Å². The Morgan fingerprint density at radius 1 is 1.07 bits per heavy atom. The number of carbonyl (C=O) groups excluding carboxylic acids is 1. The first kappa shape index (κ1) is 19.0. The second-order valence-electron chi connectivity index (χ2n) is 6.96. The molecule has 5 nitrogen and oxygen atoms in total. The molecular formula is C22H25NO4. The highest BCUT2D eigenvalue weighted by atomic mass is 16.5. The van der Waals surface area contributed by atoms with E-state index in [1.165, 1.54) is 0 Å². The third kappa shape index (κ3) is 4.67. The van der Waals surface area contributed by atoms with Gasteiger partial charge in [-0.2, -0.15) is 0 Å². The Morgan fingerprint density at radius 2 is 1.78 bits per heavy atom. The SMILES string of the molecule is COc1ccc(CCCC(=O)N2CC(C(=O)O)C(c3ccccc3)C2)cc1. The zero-order valence-electron chi connectivity index (χ0n) is 15.5. The van der Waals surface area contributed by atoms with Crippen molar-refractivity contribution in [2.75, 3.05) is 20.2 Å². The van der Waals surface area contributed by atoms with Crippen LogP contribution in [0.25, 0.3) is 0 Å². The van der Waals surface area contributed by atoms with E-state index < -0.39 is 11.9 Å². The van der Waals surface area contributed by atoms with Crippen LogP contribution < -0.4 is 4.74 Å². The first-order valence-corrected chi connectivity index (χ1v) is 9.27. The van der Waals surface area contributed by atoms with Crippen molar-refractivity contribution < 1.29 is 19.4 Å². The minimum atomic E-state index is -0.836. The van der Waals surface area contributed by atoms with E-state index in [0.29, 0.717) is 13.0 Å². The molecule has 0 radical (unpaired) electrons. The molecule has 2 atom stereocenters. The third-order valence-corrected chi connectivity index (χ3v) is 5.23. The van der Waals surface area contributed by atoms with Crippen molar-refractivity contribution in [3.8, 4) is 5.75 Å². The van der Waals surface area contributed by atoms with E-state index in [1.807, 2.05) is 54.6 Å². The number of aliphatic carboxylic acids is 1. The summed E-state index contributed by atoms with van der Waals surface area (Å²) in [7, 11) is 1.64. The lowest BCUT2D eigenvalue weighted by molar-refractivity contribution is -0.141. The fraction of sp³-hybridized carbons (Fsp3) is 0.364. The summed E-state index contributed by atoms with van der Waals surface area (Å²) < 4.78 is 5.15. The van der Waals surface area contributed by atoms with Gasteiger partial charge in [0, 0.05) is 25.4 Å². The summed E-state index contributed by atoms with van der Waals surface area (Å²) in [5.41, 5.74) is 2.15. The van der Waals surface area contributed by atoms with E-state index in [2.05, 4.69) is 0 Å². The van der Waals surface area contributed by atoms with Crippen LogP contribution in [0.15, 0.2) is 54.6 Å². The molecule has 27 heavy (non-hydrogen) atoms. The predicted octanol–water partition coefficient (Wildman–Crippen LogP) is 3.34. The molecule has 142 valence electrons. The molecule has 1 fully saturated rings. The van der Waals surface area contributed by atoms with Crippen molar-refractivity contribution in [3.05, 3.63) is 65.7 Å². The normalized spacial score (nSPS) is 19.1. The molecule has 2 aromatic rings. The Balaban J connectivity index is 1.55. The number of ether oxygens (including phenoxy) is 1. The number of aryl methyl sites for hydroxylation is 1. The number of likely N-dealkylation sites (tertiary alicyclic amines) is 1.